The standard InChI is InChI=1S/C7H10NO.CHF3O3S/c1-7-5-3-4-6-8(7)9-2;2-1(3,4)8(5,6)7/h3-6H,1-2H3;(H,5,6,7)/q+1;/p-1. The first-order valence-electron chi connectivity index (χ1n) is 4.13. The van der Waals surface area contributed by atoms with E-state index in [0.29, 0.717) is 0 Å². The van der Waals surface area contributed by atoms with Gasteiger partial charge in [-0.15, -0.1) is 0 Å². The highest BCUT2D eigenvalue weighted by Gasteiger charge is 2.36. The summed E-state index contributed by atoms with van der Waals surface area (Å²) in [6.07, 6.45) is 1.87. The average Bonchev–Trinajstić information content (AvgIpc) is 2.16. The molecule has 0 N–H and O–H groups in total. The minimum Gasteiger partial charge on any atom is -0.741 e. The molecule has 0 saturated heterocycles. The van der Waals surface area contributed by atoms with Crippen LogP contribution in [0.5, 0.6) is 0 Å². The van der Waals surface area contributed by atoms with E-state index in [4.69, 9.17) is 17.8 Å². The Kier molecular flexibility index (Phi) is 5.36. The number of aryl methyl sites for hydroxylation is 1. The van der Waals surface area contributed by atoms with Crippen molar-refractivity contribution in [3.8, 4) is 0 Å². The first-order valence-corrected chi connectivity index (χ1v) is 5.54. The predicted molar refractivity (Wildman–Crippen MR) is 49.6 cm³/mol. The summed E-state index contributed by atoms with van der Waals surface area (Å²) in [6, 6.07) is 5.89. The number of hydrogen-bond donors (Lipinski definition) is 0. The van der Waals surface area contributed by atoms with Gasteiger partial charge in [0.25, 0.3) is 0 Å². The maximum absolute atomic E-state index is 10.7. The summed E-state index contributed by atoms with van der Waals surface area (Å²) in [5.74, 6) is 0. The van der Waals surface area contributed by atoms with Crippen LogP contribution in [-0.4, -0.2) is 25.6 Å². The van der Waals surface area contributed by atoms with Gasteiger partial charge in [-0.1, -0.05) is 0 Å². The van der Waals surface area contributed by atoms with Gasteiger partial charge in [0.05, 0.1) is 0 Å². The van der Waals surface area contributed by atoms with Crippen molar-refractivity contribution in [3.05, 3.63) is 30.1 Å². The van der Waals surface area contributed by atoms with Crippen LogP contribution in [0, 0.1) is 6.92 Å². The van der Waals surface area contributed by atoms with Gasteiger partial charge in [-0.25, -0.2) is 8.42 Å². The summed E-state index contributed by atoms with van der Waals surface area (Å²) in [4.78, 5) is 4.96. The van der Waals surface area contributed by atoms with Crippen molar-refractivity contribution < 1.29 is 35.7 Å². The number of aromatic nitrogens is 1. The van der Waals surface area contributed by atoms with Gasteiger partial charge < -0.3 is 4.55 Å². The summed E-state index contributed by atoms with van der Waals surface area (Å²) >= 11 is 0. The van der Waals surface area contributed by atoms with Crippen LogP contribution in [0.2, 0.25) is 0 Å². The number of pyridine rings is 1. The van der Waals surface area contributed by atoms with Crippen molar-refractivity contribution in [2.24, 2.45) is 0 Å². The van der Waals surface area contributed by atoms with E-state index in [9.17, 15) is 13.2 Å². The molecule has 0 aliphatic carbocycles. The maximum atomic E-state index is 10.7. The molecule has 1 rings (SSSR count). The van der Waals surface area contributed by atoms with E-state index in [-0.39, 0.29) is 0 Å². The molecule has 0 aliphatic heterocycles. The van der Waals surface area contributed by atoms with Crippen LogP contribution in [0.1, 0.15) is 5.69 Å². The van der Waals surface area contributed by atoms with Gasteiger partial charge in [0.15, 0.2) is 10.1 Å². The molecule has 98 valence electrons. The van der Waals surface area contributed by atoms with E-state index < -0.39 is 15.6 Å². The van der Waals surface area contributed by atoms with E-state index >= 15 is 0 Å². The van der Waals surface area contributed by atoms with Crippen molar-refractivity contribution in [1.29, 1.82) is 0 Å². The topological polar surface area (TPSA) is 70.3 Å². The Hall–Kier alpha value is -1.35. The van der Waals surface area contributed by atoms with Gasteiger partial charge >= 0.3 is 5.51 Å². The van der Waals surface area contributed by atoms with Crippen LogP contribution in [-0.2, 0) is 10.1 Å². The molecule has 0 amide bonds. The van der Waals surface area contributed by atoms with Crippen molar-refractivity contribution in [1.82, 2.24) is 0 Å². The van der Waals surface area contributed by atoms with E-state index in [1.165, 1.54) is 0 Å². The molecule has 0 fully saturated rings. The fourth-order valence-electron chi connectivity index (χ4n) is 0.719. The molecule has 9 heteroatoms. The molecule has 0 aliphatic rings. The van der Waals surface area contributed by atoms with Crippen molar-refractivity contribution in [3.63, 3.8) is 0 Å². The van der Waals surface area contributed by atoms with E-state index in [1.807, 2.05) is 31.3 Å². The van der Waals surface area contributed by atoms with Crippen molar-refractivity contribution in [2.75, 3.05) is 7.11 Å². The summed E-state index contributed by atoms with van der Waals surface area (Å²) in [6.45, 7) is 1.99. The quantitative estimate of drug-likeness (QED) is 0.421. The van der Waals surface area contributed by atoms with Crippen molar-refractivity contribution >= 4 is 10.1 Å². The Morgan fingerprint density at radius 1 is 1.35 bits per heavy atom. The zero-order valence-corrected chi connectivity index (χ0v) is 9.75. The molecule has 1 aromatic rings. The Bertz CT molecular complexity index is 458. The lowest BCUT2D eigenvalue weighted by Crippen LogP contribution is -2.42. The van der Waals surface area contributed by atoms with E-state index in [0.717, 1.165) is 5.69 Å². The lowest BCUT2D eigenvalue weighted by atomic mass is 10.4. The zero-order valence-electron chi connectivity index (χ0n) is 8.93. The molecule has 5 nitrogen and oxygen atoms in total. The first-order chi connectivity index (χ1) is 7.59. The number of nitrogens with zero attached hydrogens (tertiary/aromatic N) is 1. The van der Waals surface area contributed by atoms with Crippen LogP contribution >= 0.6 is 0 Å². The molecule has 0 unspecified atom stereocenters. The third-order valence-corrected chi connectivity index (χ3v) is 2.06. The molecule has 1 heterocycles. The number of alkyl halides is 3. The minimum absolute atomic E-state index is 1.10. The Balaban J connectivity index is 0.000000304. The van der Waals surface area contributed by atoms with Crippen LogP contribution in [0.4, 0.5) is 13.2 Å². The van der Waals surface area contributed by atoms with Gasteiger partial charge in [0.2, 0.25) is 11.9 Å². The largest absolute Gasteiger partial charge is 0.741 e. The monoisotopic (exact) mass is 273 g/mol. The molecule has 0 spiro atoms. The van der Waals surface area contributed by atoms with Gasteiger partial charge in [-0.2, -0.15) is 13.2 Å². The van der Waals surface area contributed by atoms with Gasteiger partial charge in [0, 0.05) is 23.8 Å². The molecular formula is C8H10F3NO4S. The lowest BCUT2D eigenvalue weighted by Gasteiger charge is -2.08. The summed E-state index contributed by atoms with van der Waals surface area (Å²) < 4.78 is 60.6. The van der Waals surface area contributed by atoms with E-state index in [2.05, 4.69) is 0 Å². The average molecular weight is 273 g/mol. The molecular weight excluding hydrogens is 263 g/mol. The Morgan fingerprint density at radius 3 is 2.06 bits per heavy atom. The smallest absolute Gasteiger partial charge is 0.485 e. The third-order valence-electron chi connectivity index (χ3n) is 1.50. The van der Waals surface area contributed by atoms with Crippen LogP contribution in [0.25, 0.3) is 0 Å². The number of hydrogen-bond acceptors (Lipinski definition) is 4. The predicted octanol–water partition coefficient (Wildman–Crippen LogP) is 0.392. The number of rotatable bonds is 1. The Morgan fingerprint density at radius 2 is 1.82 bits per heavy atom. The second-order valence-electron chi connectivity index (χ2n) is 2.75. The first kappa shape index (κ1) is 15.7. The maximum Gasteiger partial charge on any atom is 0.485 e. The van der Waals surface area contributed by atoms with Crippen LogP contribution in [0.15, 0.2) is 24.4 Å². The molecule has 0 saturated carbocycles. The molecule has 0 atom stereocenters. The SMILES string of the molecule is CO[n+]1ccccc1C.O=S(=O)([O-])C(F)(F)F. The van der Waals surface area contributed by atoms with E-state index in [1.54, 1.807) is 11.8 Å². The fraction of sp³-hybridized carbons (Fsp3) is 0.375. The third kappa shape index (κ3) is 5.50. The highest BCUT2D eigenvalue weighted by molar-refractivity contribution is 7.86. The summed E-state index contributed by atoms with van der Waals surface area (Å²) in [5, 5.41) is 0. The van der Waals surface area contributed by atoms with Gasteiger partial charge in [-0.05, 0) is 6.07 Å². The highest BCUT2D eigenvalue weighted by Crippen LogP contribution is 2.20. The molecule has 1 aromatic heterocycles. The summed E-state index contributed by atoms with van der Waals surface area (Å²) in [5.41, 5.74) is -4.55. The molecule has 17 heavy (non-hydrogen) atoms. The lowest BCUT2D eigenvalue weighted by molar-refractivity contribution is -0.889. The second-order valence-corrected chi connectivity index (χ2v) is 4.12. The molecule has 0 bridgehead atoms. The summed E-state index contributed by atoms with van der Waals surface area (Å²) in [7, 11) is -4.44. The highest BCUT2D eigenvalue weighted by atomic mass is 32.2. The normalized spacial score (nSPS) is 11.4. The molecule has 0 aromatic carbocycles. The minimum atomic E-state index is -6.09. The van der Waals surface area contributed by atoms with Gasteiger partial charge in [0.1, 0.15) is 7.11 Å². The molecule has 0 radical (unpaired) electrons. The second kappa shape index (κ2) is 5.82. The van der Waals surface area contributed by atoms with Crippen LogP contribution < -0.4 is 9.57 Å². The fourth-order valence-corrected chi connectivity index (χ4v) is 0.719. The van der Waals surface area contributed by atoms with Crippen LogP contribution in [0.3, 0.4) is 0 Å². The Labute approximate surface area is 96.2 Å². The van der Waals surface area contributed by atoms with Gasteiger partial charge in [-0.3, -0.25) is 4.84 Å². The zero-order chi connectivity index (χ0) is 13.7. The number of halogens is 3. The van der Waals surface area contributed by atoms with Crippen molar-refractivity contribution in [2.45, 2.75) is 12.4 Å².